The molecular weight excluding hydrogens is 364 g/mol. The van der Waals surface area contributed by atoms with Crippen molar-refractivity contribution < 1.29 is 4.79 Å². The lowest BCUT2D eigenvalue weighted by atomic mass is 9.87. The number of hydrogen-bond acceptors (Lipinski definition) is 4. The van der Waals surface area contributed by atoms with Gasteiger partial charge in [0.2, 0.25) is 5.91 Å². The summed E-state index contributed by atoms with van der Waals surface area (Å²) in [4.78, 5) is 31.1. The Hall–Kier alpha value is -2.99. The number of rotatable bonds is 6. The summed E-state index contributed by atoms with van der Waals surface area (Å²) < 4.78 is 1.38. The molecule has 0 unspecified atom stereocenters. The molecule has 0 aliphatic rings. The summed E-state index contributed by atoms with van der Waals surface area (Å²) in [5.74, 6) is -0.0350. The van der Waals surface area contributed by atoms with E-state index in [1.165, 1.54) is 15.7 Å². The maximum atomic E-state index is 12.9. The SMILES string of the molecule is CN(Cc1ccc(C(C)(C)C)cc1)Cc1nc2ccccc2c(=O)n1CC(N)=O. The van der Waals surface area contributed by atoms with Gasteiger partial charge >= 0.3 is 0 Å². The van der Waals surface area contributed by atoms with Crippen molar-refractivity contribution in [3.05, 3.63) is 75.8 Å². The number of aromatic nitrogens is 2. The first kappa shape index (κ1) is 20.7. The predicted octanol–water partition coefficient (Wildman–Crippen LogP) is 2.81. The minimum absolute atomic E-state index is 0.115. The van der Waals surface area contributed by atoms with E-state index in [-0.39, 0.29) is 17.5 Å². The number of hydrogen-bond donors (Lipinski definition) is 1. The molecular formula is C23H28N4O2. The van der Waals surface area contributed by atoms with E-state index < -0.39 is 5.91 Å². The zero-order chi connectivity index (χ0) is 21.2. The highest BCUT2D eigenvalue weighted by Crippen LogP contribution is 2.22. The third-order valence-electron chi connectivity index (χ3n) is 4.94. The molecule has 1 amide bonds. The number of nitrogens with zero attached hydrogens (tertiary/aromatic N) is 3. The van der Waals surface area contributed by atoms with E-state index in [4.69, 9.17) is 5.73 Å². The molecule has 29 heavy (non-hydrogen) atoms. The van der Waals surface area contributed by atoms with Gasteiger partial charge in [0, 0.05) is 6.54 Å². The number of carbonyl (C=O) groups excluding carboxylic acids is 1. The molecule has 0 aliphatic heterocycles. The first-order chi connectivity index (χ1) is 13.6. The van der Waals surface area contributed by atoms with Gasteiger partial charge in [-0.15, -0.1) is 0 Å². The van der Waals surface area contributed by atoms with Crippen LogP contribution in [0.15, 0.2) is 53.3 Å². The highest BCUT2D eigenvalue weighted by molar-refractivity contribution is 5.78. The minimum Gasteiger partial charge on any atom is -0.368 e. The van der Waals surface area contributed by atoms with Gasteiger partial charge in [0.05, 0.1) is 17.4 Å². The summed E-state index contributed by atoms with van der Waals surface area (Å²) in [6, 6.07) is 15.7. The number of carbonyl (C=O) groups is 1. The molecule has 3 aromatic rings. The molecule has 0 atom stereocenters. The largest absolute Gasteiger partial charge is 0.368 e. The van der Waals surface area contributed by atoms with Crippen LogP contribution in [0.3, 0.4) is 0 Å². The van der Waals surface area contributed by atoms with Crippen LogP contribution in [-0.4, -0.2) is 27.4 Å². The number of para-hydroxylation sites is 1. The van der Waals surface area contributed by atoms with Crippen LogP contribution in [0.4, 0.5) is 0 Å². The maximum Gasteiger partial charge on any atom is 0.261 e. The Balaban J connectivity index is 1.86. The molecule has 1 heterocycles. The molecule has 0 saturated carbocycles. The van der Waals surface area contributed by atoms with Gasteiger partial charge in [0.1, 0.15) is 12.4 Å². The van der Waals surface area contributed by atoms with Crippen LogP contribution in [0.1, 0.15) is 37.7 Å². The fourth-order valence-corrected chi connectivity index (χ4v) is 3.37. The fraction of sp³-hybridized carbons (Fsp3) is 0.348. The van der Waals surface area contributed by atoms with Crippen molar-refractivity contribution in [2.24, 2.45) is 5.73 Å². The van der Waals surface area contributed by atoms with Crippen molar-refractivity contribution in [3.8, 4) is 0 Å². The van der Waals surface area contributed by atoms with Crippen molar-refractivity contribution >= 4 is 16.8 Å². The van der Waals surface area contributed by atoms with Gasteiger partial charge < -0.3 is 5.73 Å². The maximum absolute atomic E-state index is 12.9. The van der Waals surface area contributed by atoms with Crippen LogP contribution in [0.5, 0.6) is 0 Å². The second kappa shape index (κ2) is 8.17. The zero-order valence-electron chi connectivity index (χ0n) is 17.5. The lowest BCUT2D eigenvalue weighted by Crippen LogP contribution is -2.33. The number of nitrogens with two attached hydrogens (primary N) is 1. The molecule has 1 aromatic heterocycles. The van der Waals surface area contributed by atoms with E-state index in [0.717, 1.165) is 0 Å². The van der Waals surface area contributed by atoms with Gasteiger partial charge in [-0.2, -0.15) is 0 Å². The zero-order valence-corrected chi connectivity index (χ0v) is 17.5. The third kappa shape index (κ3) is 4.90. The lowest BCUT2D eigenvalue weighted by molar-refractivity contribution is -0.118. The van der Waals surface area contributed by atoms with Gasteiger partial charge in [-0.3, -0.25) is 19.1 Å². The van der Waals surface area contributed by atoms with Gasteiger partial charge in [0.15, 0.2) is 0 Å². The van der Waals surface area contributed by atoms with E-state index in [0.29, 0.717) is 29.8 Å². The predicted molar refractivity (Wildman–Crippen MR) is 116 cm³/mol. The monoisotopic (exact) mass is 392 g/mol. The third-order valence-corrected chi connectivity index (χ3v) is 4.94. The summed E-state index contributed by atoms with van der Waals surface area (Å²) in [5, 5.41) is 0.484. The summed E-state index contributed by atoms with van der Waals surface area (Å²) in [7, 11) is 1.97. The fourth-order valence-electron chi connectivity index (χ4n) is 3.37. The molecule has 0 fully saturated rings. The molecule has 0 spiro atoms. The molecule has 3 rings (SSSR count). The van der Waals surface area contributed by atoms with Crippen molar-refractivity contribution in [1.82, 2.24) is 14.5 Å². The van der Waals surface area contributed by atoms with Crippen LogP contribution in [0, 0.1) is 0 Å². The van der Waals surface area contributed by atoms with E-state index in [2.05, 4.69) is 54.9 Å². The molecule has 0 bridgehead atoms. The average Bonchev–Trinajstić information content (AvgIpc) is 2.64. The molecule has 6 heteroatoms. The normalized spacial score (nSPS) is 11.9. The number of fused-ring (bicyclic) bond motifs is 1. The van der Waals surface area contributed by atoms with E-state index >= 15 is 0 Å². The Morgan fingerprint density at radius 3 is 2.34 bits per heavy atom. The van der Waals surface area contributed by atoms with Crippen LogP contribution in [0.25, 0.3) is 10.9 Å². The highest BCUT2D eigenvalue weighted by Gasteiger charge is 2.16. The second-order valence-electron chi connectivity index (χ2n) is 8.52. The molecule has 2 aromatic carbocycles. The Kier molecular flexibility index (Phi) is 5.84. The average molecular weight is 393 g/mol. The van der Waals surface area contributed by atoms with Crippen molar-refractivity contribution in [1.29, 1.82) is 0 Å². The van der Waals surface area contributed by atoms with E-state index in [1.54, 1.807) is 18.2 Å². The lowest BCUT2D eigenvalue weighted by Gasteiger charge is -2.21. The molecule has 0 saturated heterocycles. The van der Waals surface area contributed by atoms with Gasteiger partial charge in [0.25, 0.3) is 5.56 Å². The Morgan fingerprint density at radius 2 is 1.72 bits per heavy atom. The van der Waals surface area contributed by atoms with E-state index in [9.17, 15) is 9.59 Å². The standard InChI is InChI=1S/C23H28N4O2/c1-23(2,3)17-11-9-16(10-12-17)13-26(4)15-21-25-19-8-6-5-7-18(19)22(29)27(21)14-20(24)28/h5-12H,13-15H2,1-4H3,(H2,24,28). The van der Waals surface area contributed by atoms with Crippen LogP contribution >= 0.6 is 0 Å². The summed E-state index contributed by atoms with van der Waals surface area (Å²) in [5.41, 5.74) is 8.32. The van der Waals surface area contributed by atoms with Crippen LogP contribution < -0.4 is 11.3 Å². The number of amides is 1. The summed E-state index contributed by atoms with van der Waals surface area (Å²) in [6.45, 7) is 7.52. The van der Waals surface area contributed by atoms with Crippen molar-refractivity contribution in [3.63, 3.8) is 0 Å². The quantitative estimate of drug-likeness (QED) is 0.699. The van der Waals surface area contributed by atoms with Crippen molar-refractivity contribution in [2.75, 3.05) is 7.05 Å². The highest BCUT2D eigenvalue weighted by atomic mass is 16.2. The summed E-state index contributed by atoms with van der Waals surface area (Å²) in [6.07, 6.45) is 0. The topological polar surface area (TPSA) is 81.2 Å². The first-order valence-electron chi connectivity index (χ1n) is 9.70. The Bertz CT molecular complexity index is 1080. The Labute approximate surface area is 171 Å². The molecule has 152 valence electrons. The smallest absolute Gasteiger partial charge is 0.261 e. The molecule has 6 nitrogen and oxygen atoms in total. The van der Waals surface area contributed by atoms with Crippen LogP contribution in [0.2, 0.25) is 0 Å². The first-order valence-corrected chi connectivity index (χ1v) is 9.70. The molecule has 0 radical (unpaired) electrons. The van der Waals surface area contributed by atoms with E-state index in [1.807, 2.05) is 13.1 Å². The van der Waals surface area contributed by atoms with Crippen molar-refractivity contribution in [2.45, 2.75) is 45.8 Å². The van der Waals surface area contributed by atoms with Gasteiger partial charge in [-0.05, 0) is 35.7 Å². The molecule has 0 aliphatic carbocycles. The minimum atomic E-state index is -0.564. The second-order valence-corrected chi connectivity index (χ2v) is 8.52. The van der Waals surface area contributed by atoms with Gasteiger partial charge in [-0.25, -0.2) is 4.98 Å². The van der Waals surface area contributed by atoms with Crippen LogP contribution in [-0.2, 0) is 29.8 Å². The Morgan fingerprint density at radius 1 is 1.07 bits per heavy atom. The number of primary amides is 1. The number of benzene rings is 2. The molecule has 2 N–H and O–H groups in total. The van der Waals surface area contributed by atoms with Gasteiger partial charge in [-0.1, -0.05) is 57.2 Å². The summed E-state index contributed by atoms with van der Waals surface area (Å²) >= 11 is 0.